The van der Waals surface area contributed by atoms with Crippen LogP contribution >= 0.6 is 0 Å². The smallest absolute Gasteiger partial charge is 0.124 e. The van der Waals surface area contributed by atoms with Gasteiger partial charge in [0, 0.05) is 19.0 Å². The van der Waals surface area contributed by atoms with Gasteiger partial charge in [0.05, 0.1) is 0 Å². The SMILES string of the molecule is Cc1cccc(C)c1CN1CCCC(C=O)C1. The third-order valence-corrected chi connectivity index (χ3v) is 3.76. The van der Waals surface area contributed by atoms with Gasteiger partial charge in [-0.25, -0.2) is 0 Å². The Morgan fingerprint density at radius 3 is 2.71 bits per heavy atom. The quantitative estimate of drug-likeness (QED) is 0.745. The van der Waals surface area contributed by atoms with Crippen LogP contribution in [0.1, 0.15) is 29.5 Å². The van der Waals surface area contributed by atoms with E-state index in [0.717, 1.165) is 38.8 Å². The highest BCUT2D eigenvalue weighted by atomic mass is 16.1. The van der Waals surface area contributed by atoms with Crippen LogP contribution in [0.5, 0.6) is 0 Å². The Morgan fingerprint density at radius 2 is 2.06 bits per heavy atom. The highest BCUT2D eigenvalue weighted by molar-refractivity contribution is 5.54. The zero-order valence-corrected chi connectivity index (χ0v) is 10.8. The summed E-state index contributed by atoms with van der Waals surface area (Å²) in [5, 5.41) is 0. The molecule has 1 aliphatic rings. The van der Waals surface area contributed by atoms with Gasteiger partial charge in [-0.3, -0.25) is 4.90 Å². The van der Waals surface area contributed by atoms with Crippen LogP contribution < -0.4 is 0 Å². The minimum absolute atomic E-state index is 0.244. The number of nitrogens with zero attached hydrogens (tertiary/aromatic N) is 1. The molecule has 0 N–H and O–H groups in total. The van der Waals surface area contributed by atoms with E-state index in [1.165, 1.54) is 16.7 Å². The van der Waals surface area contributed by atoms with Gasteiger partial charge < -0.3 is 4.79 Å². The van der Waals surface area contributed by atoms with E-state index in [0.29, 0.717) is 0 Å². The number of rotatable bonds is 3. The lowest BCUT2D eigenvalue weighted by molar-refractivity contribution is -0.112. The topological polar surface area (TPSA) is 20.3 Å². The first-order valence-corrected chi connectivity index (χ1v) is 6.43. The molecule has 2 rings (SSSR count). The summed E-state index contributed by atoms with van der Waals surface area (Å²) in [4.78, 5) is 13.3. The van der Waals surface area contributed by atoms with Gasteiger partial charge in [-0.1, -0.05) is 18.2 Å². The number of piperidine rings is 1. The predicted octanol–water partition coefficient (Wildman–Crippen LogP) is 2.71. The second kappa shape index (κ2) is 5.46. The fraction of sp³-hybridized carbons (Fsp3) is 0.533. The first-order chi connectivity index (χ1) is 8.20. The molecular formula is C15H21NO. The standard InChI is InChI=1S/C15H21NO/c1-12-5-3-6-13(2)15(12)10-16-8-4-7-14(9-16)11-17/h3,5-6,11,14H,4,7-10H2,1-2H3. The van der Waals surface area contributed by atoms with Crippen molar-refractivity contribution in [2.75, 3.05) is 13.1 Å². The van der Waals surface area contributed by atoms with Gasteiger partial charge in [0.1, 0.15) is 6.29 Å². The van der Waals surface area contributed by atoms with Gasteiger partial charge in [-0.15, -0.1) is 0 Å². The van der Waals surface area contributed by atoms with E-state index in [9.17, 15) is 4.79 Å². The highest BCUT2D eigenvalue weighted by Gasteiger charge is 2.19. The second-order valence-electron chi connectivity index (χ2n) is 5.14. The molecule has 1 heterocycles. The monoisotopic (exact) mass is 231 g/mol. The van der Waals surface area contributed by atoms with Gasteiger partial charge in [0.2, 0.25) is 0 Å². The molecule has 0 aromatic heterocycles. The van der Waals surface area contributed by atoms with E-state index in [1.807, 2.05) is 0 Å². The van der Waals surface area contributed by atoms with Crippen LogP contribution in [0.25, 0.3) is 0 Å². The van der Waals surface area contributed by atoms with E-state index in [2.05, 4.69) is 36.9 Å². The third-order valence-electron chi connectivity index (χ3n) is 3.76. The molecule has 92 valence electrons. The Bertz CT molecular complexity index is 380. The molecule has 1 aromatic rings. The summed E-state index contributed by atoms with van der Waals surface area (Å²) in [7, 11) is 0. The highest BCUT2D eigenvalue weighted by Crippen LogP contribution is 2.20. The van der Waals surface area contributed by atoms with E-state index >= 15 is 0 Å². The van der Waals surface area contributed by atoms with Crippen LogP contribution in [0.3, 0.4) is 0 Å². The number of carbonyl (C=O) groups excluding carboxylic acids is 1. The first kappa shape index (κ1) is 12.3. The second-order valence-corrected chi connectivity index (χ2v) is 5.14. The number of likely N-dealkylation sites (tertiary alicyclic amines) is 1. The van der Waals surface area contributed by atoms with Crippen molar-refractivity contribution in [1.82, 2.24) is 4.90 Å². The van der Waals surface area contributed by atoms with Gasteiger partial charge in [0.25, 0.3) is 0 Å². The lowest BCUT2D eigenvalue weighted by Crippen LogP contribution is -2.35. The van der Waals surface area contributed by atoms with Crippen LogP contribution in [0.2, 0.25) is 0 Å². The van der Waals surface area contributed by atoms with Crippen LogP contribution in [0, 0.1) is 19.8 Å². The van der Waals surface area contributed by atoms with Crippen molar-refractivity contribution >= 4 is 6.29 Å². The van der Waals surface area contributed by atoms with Gasteiger partial charge in [0.15, 0.2) is 0 Å². The number of carbonyl (C=O) groups is 1. The molecule has 17 heavy (non-hydrogen) atoms. The maximum absolute atomic E-state index is 10.9. The molecule has 0 radical (unpaired) electrons. The molecule has 1 atom stereocenters. The first-order valence-electron chi connectivity index (χ1n) is 6.43. The summed E-state index contributed by atoms with van der Waals surface area (Å²) in [6.07, 6.45) is 3.33. The fourth-order valence-corrected chi connectivity index (χ4v) is 2.67. The van der Waals surface area contributed by atoms with E-state index in [-0.39, 0.29) is 5.92 Å². The molecule has 2 heteroatoms. The Labute approximate surface area is 104 Å². The molecule has 1 unspecified atom stereocenters. The van der Waals surface area contributed by atoms with Crippen LogP contribution in [-0.4, -0.2) is 24.3 Å². The average Bonchev–Trinajstić information content (AvgIpc) is 2.34. The van der Waals surface area contributed by atoms with Crippen molar-refractivity contribution in [3.8, 4) is 0 Å². The largest absolute Gasteiger partial charge is 0.303 e. The third kappa shape index (κ3) is 2.95. The minimum Gasteiger partial charge on any atom is -0.303 e. The molecular weight excluding hydrogens is 210 g/mol. The number of benzene rings is 1. The number of hydrogen-bond donors (Lipinski definition) is 0. The van der Waals surface area contributed by atoms with Crippen molar-refractivity contribution in [2.45, 2.75) is 33.2 Å². The van der Waals surface area contributed by atoms with Crippen LogP contribution in [0.15, 0.2) is 18.2 Å². The van der Waals surface area contributed by atoms with Crippen molar-refractivity contribution in [3.05, 3.63) is 34.9 Å². The Balaban J connectivity index is 2.07. The zero-order valence-electron chi connectivity index (χ0n) is 10.8. The van der Waals surface area contributed by atoms with Gasteiger partial charge in [-0.2, -0.15) is 0 Å². The normalized spacial score (nSPS) is 21.4. The van der Waals surface area contributed by atoms with Crippen molar-refractivity contribution < 1.29 is 4.79 Å². The van der Waals surface area contributed by atoms with Crippen LogP contribution in [0.4, 0.5) is 0 Å². The molecule has 0 spiro atoms. The number of hydrogen-bond acceptors (Lipinski definition) is 2. The zero-order chi connectivity index (χ0) is 12.3. The Morgan fingerprint density at radius 1 is 1.35 bits per heavy atom. The molecule has 0 aliphatic carbocycles. The Hall–Kier alpha value is -1.15. The summed E-state index contributed by atoms with van der Waals surface area (Å²) < 4.78 is 0. The summed E-state index contributed by atoms with van der Waals surface area (Å²) in [5.41, 5.74) is 4.15. The fourth-order valence-electron chi connectivity index (χ4n) is 2.67. The molecule has 0 saturated carbocycles. The predicted molar refractivity (Wildman–Crippen MR) is 70.0 cm³/mol. The maximum Gasteiger partial charge on any atom is 0.124 e. The molecule has 1 saturated heterocycles. The van der Waals surface area contributed by atoms with Gasteiger partial charge >= 0.3 is 0 Å². The molecule has 0 amide bonds. The average molecular weight is 231 g/mol. The van der Waals surface area contributed by atoms with Crippen molar-refractivity contribution in [1.29, 1.82) is 0 Å². The number of aryl methyl sites for hydroxylation is 2. The number of aldehydes is 1. The maximum atomic E-state index is 10.9. The summed E-state index contributed by atoms with van der Waals surface area (Å²) in [6.45, 7) is 7.38. The minimum atomic E-state index is 0.244. The van der Waals surface area contributed by atoms with Gasteiger partial charge in [-0.05, 0) is 49.9 Å². The van der Waals surface area contributed by atoms with E-state index < -0.39 is 0 Å². The summed E-state index contributed by atoms with van der Waals surface area (Å²) in [5.74, 6) is 0.244. The molecule has 2 nitrogen and oxygen atoms in total. The molecule has 1 aromatic carbocycles. The summed E-state index contributed by atoms with van der Waals surface area (Å²) >= 11 is 0. The van der Waals surface area contributed by atoms with E-state index in [1.54, 1.807) is 0 Å². The van der Waals surface area contributed by atoms with E-state index in [4.69, 9.17) is 0 Å². The molecule has 0 bridgehead atoms. The Kier molecular flexibility index (Phi) is 3.95. The molecule has 1 aliphatic heterocycles. The molecule has 1 fully saturated rings. The summed E-state index contributed by atoms with van der Waals surface area (Å²) in [6, 6.07) is 6.45. The lowest BCUT2D eigenvalue weighted by Gasteiger charge is -2.31. The van der Waals surface area contributed by atoms with Crippen molar-refractivity contribution in [3.63, 3.8) is 0 Å². The van der Waals surface area contributed by atoms with Crippen molar-refractivity contribution in [2.24, 2.45) is 5.92 Å². The lowest BCUT2D eigenvalue weighted by atomic mass is 9.97. The van der Waals surface area contributed by atoms with Crippen LogP contribution in [-0.2, 0) is 11.3 Å².